The van der Waals surface area contributed by atoms with Crippen molar-refractivity contribution < 1.29 is 28.2 Å². The highest BCUT2D eigenvalue weighted by atomic mass is 32.2. The molecular formula is C10H12N2O6S. The average Bonchev–Trinajstić information content (AvgIpc) is 2.36. The third-order valence-corrected chi connectivity index (χ3v) is 3.70. The second kappa shape index (κ2) is 5.78. The Morgan fingerprint density at radius 3 is 2.05 bits per heavy atom. The lowest BCUT2D eigenvalue weighted by molar-refractivity contribution is -0.146. The number of aliphatic carboxylic acids is 2. The highest BCUT2D eigenvalue weighted by Gasteiger charge is 2.34. The van der Waals surface area contributed by atoms with Crippen LogP contribution in [0.3, 0.4) is 0 Å². The van der Waals surface area contributed by atoms with Gasteiger partial charge in [-0.3, -0.25) is 9.59 Å². The van der Waals surface area contributed by atoms with Crippen molar-refractivity contribution in [3.05, 3.63) is 30.3 Å². The summed E-state index contributed by atoms with van der Waals surface area (Å²) in [6.07, 6.45) is 0. The third kappa shape index (κ3) is 3.74. The van der Waals surface area contributed by atoms with Gasteiger partial charge in [-0.2, -0.15) is 4.72 Å². The largest absolute Gasteiger partial charge is 0.480 e. The van der Waals surface area contributed by atoms with E-state index in [0.717, 1.165) is 0 Å². The fraction of sp³-hybridized carbons (Fsp3) is 0.200. The number of sulfonamides is 1. The molecular weight excluding hydrogens is 276 g/mol. The number of hydrogen-bond acceptors (Lipinski definition) is 5. The Bertz CT molecular complexity index is 571. The standard InChI is InChI=1S/C10H12N2O6S/c11-7(9(13)14)8(10(15)16)12-19(17,18)6-4-2-1-3-5-6/h1-5,7-8,12H,11H2,(H,13,14)(H,15,16)/t7-,8+/m0/s1. The molecule has 1 aromatic carbocycles. The molecule has 0 amide bonds. The molecule has 0 bridgehead atoms. The van der Waals surface area contributed by atoms with Crippen molar-refractivity contribution in [2.24, 2.45) is 5.73 Å². The summed E-state index contributed by atoms with van der Waals surface area (Å²) in [5.74, 6) is -3.29. The lowest BCUT2D eigenvalue weighted by atomic mass is 10.1. The van der Waals surface area contributed by atoms with Gasteiger partial charge in [0.1, 0.15) is 12.1 Å². The molecule has 0 aromatic heterocycles. The van der Waals surface area contributed by atoms with Crippen LogP contribution in [0.4, 0.5) is 0 Å². The number of hydrogen-bond donors (Lipinski definition) is 4. The average molecular weight is 288 g/mol. The molecule has 0 aliphatic heterocycles. The number of carboxylic acid groups (broad SMARTS) is 2. The van der Waals surface area contributed by atoms with E-state index >= 15 is 0 Å². The molecule has 19 heavy (non-hydrogen) atoms. The van der Waals surface area contributed by atoms with Crippen LogP contribution in [0.2, 0.25) is 0 Å². The van der Waals surface area contributed by atoms with Gasteiger partial charge in [0.2, 0.25) is 10.0 Å². The predicted octanol–water partition coefficient (Wildman–Crippen LogP) is -1.17. The SMILES string of the molecule is N[C@H](C(=O)O)[C@@H](NS(=O)(=O)c1ccccc1)C(=O)O. The Kier molecular flexibility index (Phi) is 4.59. The number of nitrogens with two attached hydrogens (primary N) is 1. The van der Waals surface area contributed by atoms with Crippen LogP contribution in [0.15, 0.2) is 35.2 Å². The van der Waals surface area contributed by atoms with E-state index in [2.05, 4.69) is 0 Å². The molecule has 104 valence electrons. The van der Waals surface area contributed by atoms with Crippen molar-refractivity contribution in [2.45, 2.75) is 17.0 Å². The quantitative estimate of drug-likeness (QED) is 0.515. The van der Waals surface area contributed by atoms with Gasteiger partial charge in [-0.15, -0.1) is 0 Å². The van der Waals surface area contributed by atoms with Gasteiger partial charge in [0.15, 0.2) is 0 Å². The number of carboxylic acids is 2. The molecule has 8 nitrogen and oxygen atoms in total. The summed E-state index contributed by atoms with van der Waals surface area (Å²) in [4.78, 5) is 21.3. The van der Waals surface area contributed by atoms with Crippen LogP contribution in [0.25, 0.3) is 0 Å². The first-order valence-corrected chi connectivity index (χ1v) is 6.52. The Balaban J connectivity index is 3.04. The topological polar surface area (TPSA) is 147 Å². The van der Waals surface area contributed by atoms with E-state index in [9.17, 15) is 18.0 Å². The summed E-state index contributed by atoms with van der Waals surface area (Å²) < 4.78 is 25.5. The van der Waals surface area contributed by atoms with Gasteiger partial charge in [-0.05, 0) is 12.1 Å². The summed E-state index contributed by atoms with van der Waals surface area (Å²) in [6, 6.07) is 3.11. The Morgan fingerprint density at radius 2 is 1.63 bits per heavy atom. The molecule has 0 unspecified atom stereocenters. The molecule has 0 saturated carbocycles. The molecule has 2 atom stereocenters. The van der Waals surface area contributed by atoms with Crippen molar-refractivity contribution in [1.82, 2.24) is 4.72 Å². The van der Waals surface area contributed by atoms with Crippen LogP contribution in [-0.2, 0) is 19.6 Å². The molecule has 0 aliphatic rings. The van der Waals surface area contributed by atoms with Gasteiger partial charge in [0, 0.05) is 0 Å². The molecule has 5 N–H and O–H groups in total. The number of benzene rings is 1. The fourth-order valence-electron chi connectivity index (χ4n) is 1.25. The smallest absolute Gasteiger partial charge is 0.323 e. The van der Waals surface area contributed by atoms with E-state index in [0.29, 0.717) is 0 Å². The lowest BCUT2D eigenvalue weighted by Crippen LogP contribution is -2.55. The first kappa shape index (κ1) is 15.1. The maximum absolute atomic E-state index is 11.9. The van der Waals surface area contributed by atoms with Gasteiger partial charge < -0.3 is 15.9 Å². The maximum Gasteiger partial charge on any atom is 0.323 e. The summed E-state index contributed by atoms with van der Waals surface area (Å²) in [6.45, 7) is 0. The van der Waals surface area contributed by atoms with Crippen molar-refractivity contribution in [3.63, 3.8) is 0 Å². The molecule has 0 fully saturated rings. The monoisotopic (exact) mass is 288 g/mol. The zero-order chi connectivity index (χ0) is 14.6. The van der Waals surface area contributed by atoms with E-state index in [1.54, 1.807) is 10.8 Å². The van der Waals surface area contributed by atoms with E-state index in [4.69, 9.17) is 15.9 Å². The minimum absolute atomic E-state index is 0.182. The Morgan fingerprint density at radius 1 is 1.11 bits per heavy atom. The highest BCUT2D eigenvalue weighted by Crippen LogP contribution is 2.09. The van der Waals surface area contributed by atoms with Gasteiger partial charge in [-0.1, -0.05) is 18.2 Å². The predicted molar refractivity (Wildman–Crippen MR) is 63.8 cm³/mol. The van der Waals surface area contributed by atoms with Crippen LogP contribution in [-0.4, -0.2) is 42.7 Å². The normalized spacial score (nSPS) is 14.6. The molecule has 0 aliphatic carbocycles. The molecule has 0 spiro atoms. The summed E-state index contributed by atoms with van der Waals surface area (Å²) >= 11 is 0. The van der Waals surface area contributed by atoms with E-state index in [-0.39, 0.29) is 4.90 Å². The second-order valence-corrected chi connectivity index (χ2v) is 5.33. The van der Waals surface area contributed by atoms with Crippen molar-refractivity contribution in [3.8, 4) is 0 Å². The molecule has 1 rings (SSSR count). The minimum atomic E-state index is -4.16. The molecule has 1 aromatic rings. The maximum atomic E-state index is 11.9. The first-order chi connectivity index (χ1) is 8.75. The highest BCUT2D eigenvalue weighted by molar-refractivity contribution is 7.89. The van der Waals surface area contributed by atoms with Crippen molar-refractivity contribution >= 4 is 22.0 Å². The first-order valence-electron chi connectivity index (χ1n) is 5.04. The van der Waals surface area contributed by atoms with Crippen LogP contribution >= 0.6 is 0 Å². The van der Waals surface area contributed by atoms with Crippen molar-refractivity contribution in [2.75, 3.05) is 0 Å². The Hall–Kier alpha value is -1.97. The summed E-state index contributed by atoms with van der Waals surface area (Å²) in [7, 11) is -4.16. The summed E-state index contributed by atoms with van der Waals surface area (Å²) in [5.41, 5.74) is 5.14. The summed E-state index contributed by atoms with van der Waals surface area (Å²) in [5, 5.41) is 17.5. The lowest BCUT2D eigenvalue weighted by Gasteiger charge is -2.18. The van der Waals surface area contributed by atoms with Gasteiger partial charge in [0.05, 0.1) is 4.90 Å². The van der Waals surface area contributed by atoms with E-state index in [1.807, 2.05) is 0 Å². The molecule has 0 saturated heterocycles. The number of rotatable bonds is 6. The van der Waals surface area contributed by atoms with Crippen LogP contribution < -0.4 is 10.5 Å². The van der Waals surface area contributed by atoms with Crippen LogP contribution in [0, 0.1) is 0 Å². The van der Waals surface area contributed by atoms with E-state index < -0.39 is 34.0 Å². The zero-order valence-electron chi connectivity index (χ0n) is 9.55. The number of nitrogens with one attached hydrogen (secondary N) is 1. The Labute approximate surface area is 108 Å². The van der Waals surface area contributed by atoms with Crippen LogP contribution in [0.1, 0.15) is 0 Å². The zero-order valence-corrected chi connectivity index (χ0v) is 10.4. The van der Waals surface area contributed by atoms with E-state index in [1.165, 1.54) is 24.3 Å². The number of carbonyl (C=O) groups is 2. The minimum Gasteiger partial charge on any atom is -0.480 e. The van der Waals surface area contributed by atoms with Gasteiger partial charge in [0.25, 0.3) is 0 Å². The van der Waals surface area contributed by atoms with Gasteiger partial charge in [-0.25, -0.2) is 8.42 Å². The van der Waals surface area contributed by atoms with Crippen LogP contribution in [0.5, 0.6) is 0 Å². The molecule has 0 heterocycles. The second-order valence-electron chi connectivity index (χ2n) is 3.61. The third-order valence-electron chi connectivity index (χ3n) is 2.25. The fourth-order valence-corrected chi connectivity index (χ4v) is 2.49. The van der Waals surface area contributed by atoms with Crippen molar-refractivity contribution in [1.29, 1.82) is 0 Å². The molecule has 0 radical (unpaired) electrons. The van der Waals surface area contributed by atoms with Gasteiger partial charge >= 0.3 is 11.9 Å². The molecule has 9 heteroatoms.